The lowest BCUT2D eigenvalue weighted by atomic mass is 10.1. The average molecular weight is 284 g/mol. The second kappa shape index (κ2) is 6.85. The van der Waals surface area contributed by atoms with Gasteiger partial charge in [0, 0.05) is 19.4 Å². The average Bonchev–Trinajstić information content (AvgIpc) is 2.91. The van der Waals surface area contributed by atoms with Crippen LogP contribution in [0.4, 0.5) is 0 Å². The van der Waals surface area contributed by atoms with E-state index in [1.54, 1.807) is 12.3 Å². The largest absolute Gasteiger partial charge is 0.341 e. The van der Waals surface area contributed by atoms with E-state index in [2.05, 4.69) is 16.9 Å². The molecule has 0 bridgehead atoms. The zero-order chi connectivity index (χ0) is 15.2. The van der Waals surface area contributed by atoms with Crippen molar-refractivity contribution >= 4 is 5.91 Å². The van der Waals surface area contributed by atoms with E-state index in [9.17, 15) is 4.79 Å². The van der Waals surface area contributed by atoms with Crippen molar-refractivity contribution in [1.82, 2.24) is 14.9 Å². The zero-order valence-corrected chi connectivity index (χ0v) is 12.1. The number of aromatic nitrogens is 2. The number of nitrogens with one attached hydrogen (secondary N) is 1. The Hall–Kier alpha value is -2.40. The zero-order valence-electron chi connectivity index (χ0n) is 12.1. The minimum atomic E-state index is -0.603. The second-order valence-corrected chi connectivity index (χ2v) is 4.88. The molecular weight excluding hydrogens is 264 g/mol. The van der Waals surface area contributed by atoms with Gasteiger partial charge in [0.25, 0.3) is 0 Å². The summed E-state index contributed by atoms with van der Waals surface area (Å²) >= 11 is 0. The molecule has 1 amide bonds. The van der Waals surface area contributed by atoms with Gasteiger partial charge in [-0.05, 0) is 12.0 Å². The van der Waals surface area contributed by atoms with Crippen LogP contribution in [0.25, 0.3) is 0 Å². The van der Waals surface area contributed by atoms with Crippen LogP contribution in [0.15, 0.2) is 55.4 Å². The lowest BCUT2D eigenvalue weighted by Crippen LogP contribution is -2.42. The quantitative estimate of drug-likeness (QED) is 0.790. The maximum Gasteiger partial charge on any atom is 0.238 e. The summed E-state index contributed by atoms with van der Waals surface area (Å²) < 4.78 is 1.89. The van der Waals surface area contributed by atoms with Gasteiger partial charge < -0.3 is 15.6 Å². The van der Waals surface area contributed by atoms with Crippen molar-refractivity contribution in [3.8, 4) is 0 Å². The van der Waals surface area contributed by atoms with Crippen molar-refractivity contribution in [3.63, 3.8) is 0 Å². The topological polar surface area (TPSA) is 72.9 Å². The lowest BCUT2D eigenvalue weighted by Gasteiger charge is -2.21. The molecule has 21 heavy (non-hydrogen) atoms. The Balaban J connectivity index is 2.28. The molecule has 0 spiro atoms. The first kappa shape index (κ1) is 15.0. The van der Waals surface area contributed by atoms with Crippen molar-refractivity contribution in [1.29, 1.82) is 0 Å². The maximum absolute atomic E-state index is 12.2. The molecule has 1 heterocycles. The van der Waals surface area contributed by atoms with Gasteiger partial charge in [0.15, 0.2) is 0 Å². The molecule has 2 unspecified atom stereocenters. The summed E-state index contributed by atoms with van der Waals surface area (Å²) in [5.74, 6) is 0.548. The minimum absolute atomic E-state index is 0.216. The highest BCUT2D eigenvalue weighted by atomic mass is 16.2. The summed E-state index contributed by atoms with van der Waals surface area (Å²) in [4.78, 5) is 16.5. The first-order valence-electron chi connectivity index (χ1n) is 6.82. The van der Waals surface area contributed by atoms with Crippen LogP contribution >= 0.6 is 0 Å². The second-order valence-electron chi connectivity index (χ2n) is 4.88. The molecule has 1 aromatic carbocycles. The highest BCUT2D eigenvalue weighted by Crippen LogP contribution is 2.20. The van der Waals surface area contributed by atoms with E-state index >= 15 is 0 Å². The van der Waals surface area contributed by atoms with E-state index in [4.69, 9.17) is 5.73 Å². The number of amides is 1. The maximum atomic E-state index is 12.2. The molecule has 0 aliphatic heterocycles. The third-order valence-electron chi connectivity index (χ3n) is 3.29. The van der Waals surface area contributed by atoms with Crippen LogP contribution in [-0.2, 0) is 11.8 Å². The molecule has 0 saturated carbocycles. The van der Waals surface area contributed by atoms with E-state index in [0.29, 0.717) is 6.42 Å². The van der Waals surface area contributed by atoms with Gasteiger partial charge in [0.2, 0.25) is 5.91 Å². The van der Waals surface area contributed by atoms with E-state index in [1.165, 1.54) is 0 Å². The number of nitrogens with two attached hydrogens (primary N) is 1. The van der Waals surface area contributed by atoms with Crippen LogP contribution in [0, 0.1) is 0 Å². The number of hydrogen-bond acceptors (Lipinski definition) is 3. The summed E-state index contributed by atoms with van der Waals surface area (Å²) in [6.45, 7) is 3.61. The minimum Gasteiger partial charge on any atom is -0.341 e. The van der Waals surface area contributed by atoms with Crippen molar-refractivity contribution in [2.75, 3.05) is 0 Å². The van der Waals surface area contributed by atoms with Gasteiger partial charge in [-0.2, -0.15) is 0 Å². The van der Waals surface area contributed by atoms with E-state index in [1.807, 2.05) is 48.1 Å². The Morgan fingerprint density at radius 3 is 2.76 bits per heavy atom. The number of rotatable bonds is 6. The summed E-state index contributed by atoms with van der Waals surface area (Å²) in [6.07, 6.45) is 5.64. The monoisotopic (exact) mass is 284 g/mol. The standard InChI is InChI=1S/C16H20N4O/c1-3-7-13(17)16(21)19-14(12-8-5-4-6-9-12)15-18-10-11-20(15)2/h3-6,8-11,13-14H,1,7,17H2,2H3,(H,19,21). The molecule has 110 valence electrons. The van der Waals surface area contributed by atoms with Gasteiger partial charge in [-0.25, -0.2) is 4.98 Å². The molecule has 1 aromatic heterocycles. The third kappa shape index (κ3) is 3.58. The Morgan fingerprint density at radius 2 is 2.19 bits per heavy atom. The summed E-state index contributed by atoms with van der Waals surface area (Å²) in [7, 11) is 1.90. The highest BCUT2D eigenvalue weighted by molar-refractivity contribution is 5.82. The first-order chi connectivity index (χ1) is 10.1. The third-order valence-corrected chi connectivity index (χ3v) is 3.29. The van der Waals surface area contributed by atoms with Crippen molar-refractivity contribution in [2.24, 2.45) is 12.8 Å². The molecule has 2 atom stereocenters. The van der Waals surface area contributed by atoms with Gasteiger partial charge in [-0.1, -0.05) is 36.4 Å². The number of benzene rings is 1. The summed E-state index contributed by atoms with van der Waals surface area (Å²) in [5.41, 5.74) is 6.80. The van der Waals surface area contributed by atoms with Crippen LogP contribution in [0.2, 0.25) is 0 Å². The number of imidazole rings is 1. The van der Waals surface area contributed by atoms with Crippen LogP contribution in [0.5, 0.6) is 0 Å². The van der Waals surface area contributed by atoms with Crippen molar-refractivity contribution in [2.45, 2.75) is 18.5 Å². The first-order valence-corrected chi connectivity index (χ1v) is 6.82. The molecule has 0 saturated heterocycles. The SMILES string of the molecule is C=CCC(N)C(=O)NC(c1ccccc1)c1nccn1C. The molecule has 2 rings (SSSR count). The van der Waals surface area contributed by atoms with E-state index in [0.717, 1.165) is 11.4 Å². The van der Waals surface area contributed by atoms with Gasteiger partial charge >= 0.3 is 0 Å². The van der Waals surface area contributed by atoms with E-state index < -0.39 is 6.04 Å². The molecule has 3 N–H and O–H groups in total. The molecule has 0 aliphatic carbocycles. The molecular formula is C16H20N4O. The Bertz CT molecular complexity index is 606. The van der Waals surface area contributed by atoms with Crippen LogP contribution < -0.4 is 11.1 Å². The van der Waals surface area contributed by atoms with Crippen LogP contribution in [0.3, 0.4) is 0 Å². The Morgan fingerprint density at radius 1 is 1.48 bits per heavy atom. The van der Waals surface area contributed by atoms with Gasteiger partial charge in [0.1, 0.15) is 11.9 Å². The Labute approximate surface area is 124 Å². The van der Waals surface area contributed by atoms with Gasteiger partial charge in [-0.3, -0.25) is 4.79 Å². The molecule has 2 aromatic rings. The number of carbonyl (C=O) groups is 1. The summed E-state index contributed by atoms with van der Waals surface area (Å²) in [5, 5.41) is 2.97. The number of hydrogen-bond donors (Lipinski definition) is 2. The fraction of sp³-hybridized carbons (Fsp3) is 0.250. The predicted octanol–water partition coefficient (Wildman–Crippen LogP) is 1.53. The van der Waals surface area contributed by atoms with Gasteiger partial charge in [-0.15, -0.1) is 6.58 Å². The predicted molar refractivity (Wildman–Crippen MR) is 82.4 cm³/mol. The van der Waals surface area contributed by atoms with Crippen molar-refractivity contribution in [3.05, 3.63) is 66.8 Å². The molecule has 5 nitrogen and oxygen atoms in total. The van der Waals surface area contributed by atoms with E-state index in [-0.39, 0.29) is 11.9 Å². The van der Waals surface area contributed by atoms with Crippen LogP contribution in [-0.4, -0.2) is 21.5 Å². The fourth-order valence-corrected chi connectivity index (χ4v) is 2.13. The fourth-order valence-electron chi connectivity index (χ4n) is 2.13. The molecule has 5 heteroatoms. The normalized spacial score (nSPS) is 13.4. The van der Waals surface area contributed by atoms with Crippen molar-refractivity contribution < 1.29 is 4.79 Å². The highest BCUT2D eigenvalue weighted by Gasteiger charge is 2.22. The number of carbonyl (C=O) groups excluding carboxylic acids is 1. The number of nitrogens with zero attached hydrogens (tertiary/aromatic N) is 2. The van der Waals surface area contributed by atoms with Crippen LogP contribution in [0.1, 0.15) is 23.9 Å². The smallest absolute Gasteiger partial charge is 0.238 e. The molecule has 0 aliphatic rings. The number of aryl methyl sites for hydroxylation is 1. The lowest BCUT2D eigenvalue weighted by molar-refractivity contribution is -0.122. The Kier molecular flexibility index (Phi) is 4.90. The molecule has 0 radical (unpaired) electrons. The molecule has 0 fully saturated rings. The summed E-state index contributed by atoms with van der Waals surface area (Å²) in [6, 6.07) is 8.78. The van der Waals surface area contributed by atoms with Gasteiger partial charge in [0.05, 0.1) is 6.04 Å².